The lowest BCUT2D eigenvalue weighted by Gasteiger charge is -2.49. The number of nitrogens with zero attached hydrogens (tertiary/aromatic N) is 1. The molecule has 2 aliphatic heterocycles. The van der Waals surface area contributed by atoms with Gasteiger partial charge in [-0.3, -0.25) is 4.98 Å². The standard InChI is InChI=1S/C37H43NO11/c1-19-15-20(2)37-25(12-13-26-28(37)29(39)21(3)31(32(26)49-37)48-33(40)24-10-6-7-11-24)16-27(44-5)34(41)47-30(19)22(4)46-36(43)35(42)45-18-23-9-8-14-38-17-23/h6-10,12-15,17,19,21-22,25-32,39H,11,16,18H2,1-5H3/b20-15+/t19-,21-,22-,25-,26?,27+,28?,29?,30+,31-,32-,37+/m1/s1. The summed E-state index contributed by atoms with van der Waals surface area (Å²) in [4.78, 5) is 55.9. The number of pyridine rings is 1. The highest BCUT2D eigenvalue weighted by Gasteiger charge is 2.69. The highest BCUT2D eigenvalue weighted by molar-refractivity contribution is 6.29. The Morgan fingerprint density at radius 2 is 1.98 bits per heavy atom. The first kappa shape index (κ1) is 34.7. The van der Waals surface area contributed by atoms with E-state index in [0.29, 0.717) is 17.6 Å². The van der Waals surface area contributed by atoms with Crippen molar-refractivity contribution in [2.45, 2.75) is 89.4 Å². The zero-order valence-electron chi connectivity index (χ0n) is 28.2. The SMILES string of the molecule is CO[C@H]1C[C@H]2C=CC3C4C(O)[C@@H](C)[C@@H](OC(=O)C5=CC=CC5)[C@@H]3O[C@]42/C(C)=C/[C@@H](C)[C@@H]([C@@H](C)OC(=O)C(=O)OCc2cccnc2)OC1=O. The Labute approximate surface area is 285 Å². The second-order valence-corrected chi connectivity index (χ2v) is 13.6. The number of methoxy groups -OCH3 is 1. The maximum absolute atomic E-state index is 13.6. The zero-order chi connectivity index (χ0) is 35.0. The number of aliphatic hydroxyl groups is 1. The summed E-state index contributed by atoms with van der Waals surface area (Å²) in [6, 6.07) is 3.38. The monoisotopic (exact) mass is 677 g/mol. The first-order valence-electron chi connectivity index (χ1n) is 16.8. The van der Waals surface area contributed by atoms with Crippen LogP contribution in [0.2, 0.25) is 0 Å². The molecule has 262 valence electrons. The van der Waals surface area contributed by atoms with E-state index >= 15 is 0 Å². The summed E-state index contributed by atoms with van der Waals surface area (Å²) >= 11 is 0. The molecule has 0 radical (unpaired) electrons. The maximum Gasteiger partial charge on any atom is 0.417 e. The summed E-state index contributed by atoms with van der Waals surface area (Å²) in [5.74, 6) is -5.52. The molecule has 3 aliphatic carbocycles. The smallest absolute Gasteiger partial charge is 0.417 e. The van der Waals surface area contributed by atoms with Gasteiger partial charge in [-0.15, -0.1) is 0 Å². The predicted octanol–water partition coefficient (Wildman–Crippen LogP) is 3.33. The fourth-order valence-corrected chi connectivity index (χ4v) is 8.26. The number of esters is 4. The molecule has 1 N–H and O–H groups in total. The van der Waals surface area contributed by atoms with Crippen LogP contribution in [-0.2, 0) is 54.2 Å². The molecule has 12 heteroatoms. The molecule has 49 heavy (non-hydrogen) atoms. The van der Waals surface area contributed by atoms with Gasteiger partial charge in [0.25, 0.3) is 0 Å². The summed E-state index contributed by atoms with van der Waals surface area (Å²) in [5.41, 5.74) is 0.876. The second kappa shape index (κ2) is 14.0. The second-order valence-electron chi connectivity index (χ2n) is 13.6. The van der Waals surface area contributed by atoms with Crippen LogP contribution < -0.4 is 0 Å². The van der Waals surface area contributed by atoms with Crippen molar-refractivity contribution in [3.05, 3.63) is 77.7 Å². The van der Waals surface area contributed by atoms with Crippen LogP contribution in [0.3, 0.4) is 0 Å². The van der Waals surface area contributed by atoms with Crippen LogP contribution in [-0.4, -0.2) is 83.3 Å². The zero-order valence-corrected chi connectivity index (χ0v) is 28.2. The minimum atomic E-state index is -1.23. The van der Waals surface area contributed by atoms with Gasteiger partial charge in [-0.2, -0.15) is 0 Å². The fourth-order valence-electron chi connectivity index (χ4n) is 8.26. The molecule has 4 bridgehead atoms. The van der Waals surface area contributed by atoms with Gasteiger partial charge in [-0.05, 0) is 38.3 Å². The molecule has 0 aromatic carbocycles. The highest BCUT2D eigenvalue weighted by Crippen LogP contribution is 2.61. The molecule has 3 heterocycles. The van der Waals surface area contributed by atoms with E-state index < -0.39 is 83.9 Å². The van der Waals surface area contributed by atoms with E-state index in [4.69, 9.17) is 28.4 Å². The largest absolute Gasteiger partial charge is 0.456 e. The molecule has 5 aliphatic rings. The summed E-state index contributed by atoms with van der Waals surface area (Å²) in [6.45, 7) is 6.97. The van der Waals surface area contributed by atoms with Crippen molar-refractivity contribution in [1.29, 1.82) is 0 Å². The van der Waals surface area contributed by atoms with E-state index in [0.717, 1.165) is 5.57 Å². The van der Waals surface area contributed by atoms with Crippen molar-refractivity contribution in [3.8, 4) is 0 Å². The fraction of sp³-hybridized carbons (Fsp3) is 0.541. The van der Waals surface area contributed by atoms with Crippen LogP contribution >= 0.6 is 0 Å². The minimum absolute atomic E-state index is 0.164. The summed E-state index contributed by atoms with van der Waals surface area (Å²) in [7, 11) is 1.41. The lowest BCUT2D eigenvalue weighted by molar-refractivity contribution is -0.184. The van der Waals surface area contributed by atoms with Gasteiger partial charge < -0.3 is 33.5 Å². The molecular formula is C37H43NO11. The van der Waals surface area contributed by atoms with E-state index in [1.165, 1.54) is 20.2 Å². The summed E-state index contributed by atoms with van der Waals surface area (Å²) < 4.78 is 35.2. The van der Waals surface area contributed by atoms with Crippen molar-refractivity contribution in [3.63, 3.8) is 0 Å². The first-order chi connectivity index (χ1) is 23.5. The molecule has 1 aromatic heterocycles. The van der Waals surface area contributed by atoms with Crippen molar-refractivity contribution >= 4 is 23.9 Å². The predicted molar refractivity (Wildman–Crippen MR) is 172 cm³/mol. The number of hydrogen-bond acceptors (Lipinski definition) is 12. The number of ether oxygens (including phenoxy) is 6. The van der Waals surface area contributed by atoms with Crippen LogP contribution in [0, 0.1) is 29.6 Å². The number of aliphatic hydroxyl groups excluding tert-OH is 1. The van der Waals surface area contributed by atoms with Gasteiger partial charge in [0.15, 0.2) is 6.10 Å². The first-order valence-corrected chi connectivity index (χ1v) is 16.8. The van der Waals surface area contributed by atoms with Gasteiger partial charge in [-0.25, -0.2) is 19.2 Å². The van der Waals surface area contributed by atoms with E-state index in [-0.39, 0.29) is 24.9 Å². The Balaban J connectivity index is 1.27. The summed E-state index contributed by atoms with van der Waals surface area (Å²) in [5, 5.41) is 11.9. The minimum Gasteiger partial charge on any atom is -0.456 e. The lowest BCUT2D eigenvalue weighted by Crippen LogP contribution is -2.57. The molecule has 12 nitrogen and oxygen atoms in total. The Hall–Kier alpha value is -4.13. The van der Waals surface area contributed by atoms with Gasteiger partial charge in [-0.1, -0.05) is 56.4 Å². The van der Waals surface area contributed by atoms with E-state index in [9.17, 15) is 24.3 Å². The Morgan fingerprint density at radius 3 is 2.67 bits per heavy atom. The molecular weight excluding hydrogens is 634 g/mol. The number of cyclic esters (lactones) is 1. The van der Waals surface area contributed by atoms with Crippen molar-refractivity contribution in [1.82, 2.24) is 4.98 Å². The number of rotatable bonds is 7. The Bertz CT molecular complexity index is 1580. The molecule has 1 saturated heterocycles. The number of carbonyl (C=O) groups excluding carboxylic acids is 4. The van der Waals surface area contributed by atoms with Gasteiger partial charge >= 0.3 is 23.9 Å². The van der Waals surface area contributed by atoms with Gasteiger partial charge in [0.2, 0.25) is 0 Å². The highest BCUT2D eigenvalue weighted by atomic mass is 16.6. The van der Waals surface area contributed by atoms with Crippen LogP contribution in [0.4, 0.5) is 0 Å². The van der Waals surface area contributed by atoms with Crippen molar-refractivity contribution in [2.75, 3.05) is 7.11 Å². The molecule has 3 unspecified atom stereocenters. The number of hydrogen-bond donors (Lipinski definition) is 1. The summed E-state index contributed by atoms with van der Waals surface area (Å²) in [6.07, 6.45) is 9.88. The third kappa shape index (κ3) is 6.37. The van der Waals surface area contributed by atoms with Gasteiger partial charge in [0.05, 0.1) is 6.10 Å². The van der Waals surface area contributed by atoms with Crippen molar-refractivity contribution < 1.29 is 52.7 Å². The van der Waals surface area contributed by atoms with Crippen LogP contribution in [0.15, 0.2) is 72.1 Å². The number of allylic oxidation sites excluding steroid dienone is 3. The normalized spacial score (nSPS) is 37.9. The van der Waals surface area contributed by atoms with Gasteiger partial charge in [0.1, 0.15) is 36.6 Å². The van der Waals surface area contributed by atoms with E-state index in [1.54, 1.807) is 24.4 Å². The third-order valence-electron chi connectivity index (χ3n) is 10.7. The van der Waals surface area contributed by atoms with Crippen LogP contribution in [0.25, 0.3) is 0 Å². The molecule has 0 amide bonds. The topological polar surface area (TPSA) is 157 Å². The molecule has 1 aromatic rings. The molecule has 12 atom stereocenters. The molecule has 2 fully saturated rings. The third-order valence-corrected chi connectivity index (χ3v) is 10.7. The average Bonchev–Trinajstić information content (AvgIpc) is 3.70. The van der Waals surface area contributed by atoms with Crippen LogP contribution in [0.1, 0.15) is 46.1 Å². The number of aromatic nitrogens is 1. The molecule has 6 rings (SSSR count). The van der Waals surface area contributed by atoms with Crippen molar-refractivity contribution in [2.24, 2.45) is 29.6 Å². The quantitative estimate of drug-likeness (QED) is 0.195. The average molecular weight is 678 g/mol. The molecule has 1 saturated carbocycles. The lowest BCUT2D eigenvalue weighted by atomic mass is 9.57. The van der Waals surface area contributed by atoms with E-state index in [2.05, 4.69) is 4.98 Å². The van der Waals surface area contributed by atoms with E-state index in [1.807, 2.05) is 51.2 Å². The maximum atomic E-state index is 13.6. The van der Waals surface area contributed by atoms with Gasteiger partial charge in [0, 0.05) is 60.2 Å². The Morgan fingerprint density at radius 1 is 1.18 bits per heavy atom. The number of carbonyl (C=O) groups is 4. The molecule has 1 spiro atoms. The Kier molecular flexibility index (Phi) is 9.93. The van der Waals surface area contributed by atoms with Crippen LogP contribution in [0.5, 0.6) is 0 Å².